The maximum absolute atomic E-state index is 12.7. The first-order valence-corrected chi connectivity index (χ1v) is 7.00. The third kappa shape index (κ3) is 5.00. The first-order chi connectivity index (χ1) is 10.8. The van der Waals surface area contributed by atoms with Gasteiger partial charge in [0.2, 0.25) is 0 Å². The summed E-state index contributed by atoms with van der Waals surface area (Å²) in [5.74, 6) is 0. The maximum atomic E-state index is 12.7. The lowest BCUT2D eigenvalue weighted by Crippen LogP contribution is -2.24. The van der Waals surface area contributed by atoms with Crippen LogP contribution in [0.25, 0.3) is 11.4 Å². The van der Waals surface area contributed by atoms with Gasteiger partial charge in [-0.25, -0.2) is 9.67 Å². The minimum absolute atomic E-state index is 0.00901. The number of aromatic nitrogens is 4. The van der Waals surface area contributed by atoms with Crippen molar-refractivity contribution in [3.63, 3.8) is 0 Å². The van der Waals surface area contributed by atoms with E-state index in [2.05, 4.69) is 15.3 Å². The van der Waals surface area contributed by atoms with Crippen molar-refractivity contribution >= 4 is 0 Å². The van der Waals surface area contributed by atoms with Gasteiger partial charge in [0.15, 0.2) is 0 Å². The van der Waals surface area contributed by atoms with E-state index in [0.717, 1.165) is 6.07 Å². The SMILES string of the molecule is CC(C)OC[C@@H](O)Cn1cc(-c2cccc(C(F)(F)F)n2)nn1. The Bertz CT molecular complexity index is 643. The van der Waals surface area contributed by atoms with Crippen molar-refractivity contribution < 1.29 is 23.0 Å². The van der Waals surface area contributed by atoms with Crippen molar-refractivity contribution in [2.24, 2.45) is 0 Å². The van der Waals surface area contributed by atoms with Crippen LogP contribution in [0.3, 0.4) is 0 Å². The Kier molecular flexibility index (Phi) is 5.32. The second-order valence-corrected chi connectivity index (χ2v) is 5.27. The zero-order valence-electron chi connectivity index (χ0n) is 12.7. The number of pyridine rings is 1. The summed E-state index contributed by atoms with van der Waals surface area (Å²) in [6.07, 6.45) is -3.89. The van der Waals surface area contributed by atoms with Crippen LogP contribution in [0.4, 0.5) is 13.2 Å². The van der Waals surface area contributed by atoms with E-state index in [9.17, 15) is 18.3 Å². The topological polar surface area (TPSA) is 73.1 Å². The summed E-state index contributed by atoms with van der Waals surface area (Å²) in [6, 6.07) is 3.57. The van der Waals surface area contributed by atoms with Crippen molar-refractivity contribution in [2.45, 2.75) is 38.8 Å². The molecule has 0 fully saturated rings. The summed E-state index contributed by atoms with van der Waals surface area (Å²) >= 11 is 0. The number of aliphatic hydroxyl groups excluding tert-OH is 1. The average molecular weight is 330 g/mol. The van der Waals surface area contributed by atoms with E-state index in [0.29, 0.717) is 0 Å². The van der Waals surface area contributed by atoms with Gasteiger partial charge in [-0.05, 0) is 26.0 Å². The molecule has 2 aromatic rings. The number of halogens is 3. The van der Waals surface area contributed by atoms with Crippen LogP contribution in [-0.4, -0.2) is 43.9 Å². The molecular weight excluding hydrogens is 313 g/mol. The van der Waals surface area contributed by atoms with Gasteiger partial charge in [0.25, 0.3) is 0 Å². The van der Waals surface area contributed by atoms with Gasteiger partial charge >= 0.3 is 6.18 Å². The average Bonchev–Trinajstić information content (AvgIpc) is 2.93. The van der Waals surface area contributed by atoms with Gasteiger partial charge < -0.3 is 9.84 Å². The molecule has 2 heterocycles. The van der Waals surface area contributed by atoms with Gasteiger partial charge in [-0.2, -0.15) is 13.2 Å². The fourth-order valence-electron chi connectivity index (χ4n) is 1.81. The first kappa shape index (κ1) is 17.4. The molecule has 0 spiro atoms. The third-order valence-electron chi connectivity index (χ3n) is 2.86. The molecule has 0 radical (unpaired) electrons. The molecule has 0 aliphatic carbocycles. The van der Waals surface area contributed by atoms with E-state index < -0.39 is 18.0 Å². The Hall–Kier alpha value is -2.00. The van der Waals surface area contributed by atoms with Crippen LogP contribution in [-0.2, 0) is 17.5 Å². The van der Waals surface area contributed by atoms with E-state index in [-0.39, 0.29) is 30.6 Å². The fourth-order valence-corrected chi connectivity index (χ4v) is 1.81. The smallest absolute Gasteiger partial charge is 0.389 e. The molecule has 2 aromatic heterocycles. The molecule has 2 rings (SSSR count). The van der Waals surface area contributed by atoms with Crippen molar-refractivity contribution in [3.05, 3.63) is 30.1 Å². The van der Waals surface area contributed by atoms with Crippen molar-refractivity contribution in [3.8, 4) is 11.4 Å². The zero-order valence-corrected chi connectivity index (χ0v) is 12.7. The molecule has 0 saturated carbocycles. The molecule has 0 aromatic carbocycles. The van der Waals surface area contributed by atoms with Gasteiger partial charge in [-0.1, -0.05) is 11.3 Å². The lowest BCUT2D eigenvalue weighted by molar-refractivity contribution is -0.141. The van der Waals surface area contributed by atoms with Crippen molar-refractivity contribution in [1.82, 2.24) is 20.0 Å². The summed E-state index contributed by atoms with van der Waals surface area (Å²) in [5.41, 5.74) is -0.720. The summed E-state index contributed by atoms with van der Waals surface area (Å²) in [5, 5.41) is 17.4. The third-order valence-corrected chi connectivity index (χ3v) is 2.86. The molecule has 0 bridgehead atoms. The first-order valence-electron chi connectivity index (χ1n) is 7.00. The largest absolute Gasteiger partial charge is 0.433 e. The number of hydrogen-bond acceptors (Lipinski definition) is 5. The highest BCUT2D eigenvalue weighted by molar-refractivity contribution is 5.52. The molecule has 1 atom stereocenters. The summed E-state index contributed by atoms with van der Waals surface area (Å²) < 4.78 is 44.6. The maximum Gasteiger partial charge on any atom is 0.433 e. The molecule has 0 unspecified atom stereocenters. The highest BCUT2D eigenvalue weighted by atomic mass is 19.4. The highest BCUT2D eigenvalue weighted by Gasteiger charge is 2.32. The quantitative estimate of drug-likeness (QED) is 0.878. The second kappa shape index (κ2) is 7.05. The minimum atomic E-state index is -4.52. The molecule has 0 saturated heterocycles. The van der Waals surface area contributed by atoms with Crippen LogP contribution in [0.1, 0.15) is 19.5 Å². The lowest BCUT2D eigenvalue weighted by Gasteiger charge is -2.12. The molecule has 0 aliphatic rings. The normalized spacial score (nSPS) is 13.5. The van der Waals surface area contributed by atoms with Crippen LogP contribution in [0.5, 0.6) is 0 Å². The van der Waals surface area contributed by atoms with Crippen LogP contribution >= 0.6 is 0 Å². The van der Waals surface area contributed by atoms with Crippen LogP contribution in [0.2, 0.25) is 0 Å². The van der Waals surface area contributed by atoms with Gasteiger partial charge in [-0.3, -0.25) is 0 Å². The number of rotatable bonds is 6. The number of nitrogens with zero attached hydrogens (tertiary/aromatic N) is 4. The van der Waals surface area contributed by atoms with E-state index in [1.54, 1.807) is 0 Å². The van der Waals surface area contributed by atoms with E-state index in [1.807, 2.05) is 13.8 Å². The predicted octanol–water partition coefficient (Wildman–Crippen LogP) is 2.14. The van der Waals surface area contributed by atoms with Crippen molar-refractivity contribution in [1.29, 1.82) is 0 Å². The molecule has 6 nitrogen and oxygen atoms in total. The van der Waals surface area contributed by atoms with E-state index in [1.165, 1.54) is 23.0 Å². The molecule has 0 aliphatic heterocycles. The molecule has 0 amide bonds. The summed E-state index contributed by atoms with van der Waals surface area (Å²) in [4.78, 5) is 3.54. The number of hydrogen-bond donors (Lipinski definition) is 1. The molecule has 126 valence electrons. The van der Waals surface area contributed by atoms with E-state index >= 15 is 0 Å². The second-order valence-electron chi connectivity index (χ2n) is 5.27. The molecular formula is C14H17F3N4O2. The van der Waals surface area contributed by atoms with Gasteiger partial charge in [0.05, 0.1) is 37.3 Å². The highest BCUT2D eigenvalue weighted by Crippen LogP contribution is 2.28. The minimum Gasteiger partial charge on any atom is -0.389 e. The van der Waals surface area contributed by atoms with Gasteiger partial charge in [-0.15, -0.1) is 5.10 Å². The Morgan fingerprint density at radius 2 is 2.00 bits per heavy atom. The van der Waals surface area contributed by atoms with Gasteiger partial charge in [0, 0.05) is 0 Å². The lowest BCUT2D eigenvalue weighted by atomic mass is 10.2. The van der Waals surface area contributed by atoms with Crippen LogP contribution in [0, 0.1) is 0 Å². The standard InChI is InChI=1S/C14H17F3N4O2/c1-9(2)23-8-10(22)6-21-7-12(19-20-21)11-4-3-5-13(18-11)14(15,16)17/h3-5,7,9-10,22H,6,8H2,1-2H3/t10-/m0/s1. The van der Waals surface area contributed by atoms with Crippen LogP contribution in [0.15, 0.2) is 24.4 Å². The Labute approximate surface area is 130 Å². The Balaban J connectivity index is 2.07. The van der Waals surface area contributed by atoms with Gasteiger partial charge in [0.1, 0.15) is 11.4 Å². The zero-order chi connectivity index (χ0) is 17.0. The molecule has 23 heavy (non-hydrogen) atoms. The van der Waals surface area contributed by atoms with Crippen molar-refractivity contribution in [2.75, 3.05) is 6.61 Å². The Morgan fingerprint density at radius 3 is 2.65 bits per heavy atom. The summed E-state index contributed by atoms with van der Waals surface area (Å²) in [6.45, 7) is 3.95. The molecule has 1 N–H and O–H groups in total. The Morgan fingerprint density at radius 1 is 1.26 bits per heavy atom. The van der Waals surface area contributed by atoms with Crippen LogP contribution < -0.4 is 0 Å². The van der Waals surface area contributed by atoms with E-state index in [4.69, 9.17) is 4.74 Å². The molecule has 9 heteroatoms. The number of aliphatic hydroxyl groups is 1. The fraction of sp³-hybridized carbons (Fsp3) is 0.500. The number of ether oxygens (including phenoxy) is 1. The summed E-state index contributed by atoms with van der Waals surface area (Å²) in [7, 11) is 0. The predicted molar refractivity (Wildman–Crippen MR) is 75.3 cm³/mol. The number of alkyl halides is 3. The monoisotopic (exact) mass is 330 g/mol.